The van der Waals surface area contributed by atoms with Gasteiger partial charge in [0.05, 0.1) is 18.8 Å². The first-order valence-electron chi connectivity index (χ1n) is 5.37. The van der Waals surface area contributed by atoms with Crippen LogP contribution in [-0.4, -0.2) is 41.4 Å². The molecule has 2 unspecified atom stereocenters. The van der Waals surface area contributed by atoms with Crippen LogP contribution in [0, 0.1) is 0 Å². The fourth-order valence-corrected chi connectivity index (χ4v) is 2.48. The third-order valence-corrected chi connectivity index (χ3v) is 3.68. The molecule has 18 heavy (non-hydrogen) atoms. The zero-order valence-corrected chi connectivity index (χ0v) is 11.0. The molecular weight excluding hydrogens is 258 g/mol. The molecule has 0 saturated heterocycles. The van der Waals surface area contributed by atoms with Crippen molar-refractivity contribution >= 4 is 29.6 Å². The summed E-state index contributed by atoms with van der Waals surface area (Å²) in [6, 6.07) is -1.24. The van der Waals surface area contributed by atoms with E-state index in [2.05, 4.69) is 10.1 Å². The van der Waals surface area contributed by atoms with Crippen molar-refractivity contribution in [1.29, 1.82) is 0 Å². The number of nitrogens with one attached hydrogen (secondary N) is 1. The van der Waals surface area contributed by atoms with E-state index in [-0.39, 0.29) is 17.6 Å². The molecule has 2 N–H and O–H groups in total. The second-order valence-corrected chi connectivity index (χ2v) is 5.29. The normalized spacial score (nSPS) is 19.9. The molecule has 0 bridgehead atoms. The summed E-state index contributed by atoms with van der Waals surface area (Å²) in [6.07, 6.45) is 2.12. The lowest BCUT2D eigenvalue weighted by Gasteiger charge is -2.16. The van der Waals surface area contributed by atoms with Gasteiger partial charge in [-0.05, 0) is 18.2 Å². The van der Waals surface area contributed by atoms with Gasteiger partial charge < -0.3 is 15.2 Å². The van der Waals surface area contributed by atoms with E-state index in [9.17, 15) is 14.4 Å². The molecule has 2 atom stereocenters. The first-order valence-corrected chi connectivity index (χ1v) is 6.25. The van der Waals surface area contributed by atoms with E-state index in [0.29, 0.717) is 6.42 Å². The van der Waals surface area contributed by atoms with Gasteiger partial charge in [-0.25, -0.2) is 4.79 Å². The first kappa shape index (κ1) is 14.6. The Labute approximate surface area is 109 Å². The van der Waals surface area contributed by atoms with Crippen LogP contribution in [0.3, 0.4) is 0 Å². The van der Waals surface area contributed by atoms with Crippen molar-refractivity contribution in [2.45, 2.75) is 31.1 Å². The number of carboxylic acid groups (broad SMARTS) is 1. The molecule has 0 aromatic rings. The van der Waals surface area contributed by atoms with Crippen LogP contribution in [0.1, 0.15) is 19.8 Å². The lowest BCUT2D eigenvalue weighted by atomic mass is 10.2. The molecule has 0 saturated carbocycles. The Bertz CT molecular complexity index is 393. The van der Waals surface area contributed by atoms with E-state index < -0.39 is 18.0 Å². The predicted molar refractivity (Wildman–Crippen MR) is 66.0 cm³/mol. The van der Waals surface area contributed by atoms with Crippen molar-refractivity contribution in [3.63, 3.8) is 0 Å². The van der Waals surface area contributed by atoms with E-state index in [1.807, 2.05) is 13.0 Å². The maximum absolute atomic E-state index is 11.8. The molecule has 0 fully saturated rings. The van der Waals surface area contributed by atoms with Crippen LogP contribution >= 0.6 is 11.8 Å². The predicted octanol–water partition coefficient (Wildman–Crippen LogP) is 0.528. The highest BCUT2D eigenvalue weighted by atomic mass is 32.2. The number of aliphatic carboxylic acids is 1. The Hall–Kier alpha value is -1.50. The number of allylic oxidation sites excluding steroid dienone is 2. The average Bonchev–Trinajstić information content (AvgIpc) is 2.74. The number of methoxy groups -OCH3 is 1. The van der Waals surface area contributed by atoms with Gasteiger partial charge >= 0.3 is 11.9 Å². The number of thioether (sulfide) groups is 1. The van der Waals surface area contributed by atoms with E-state index in [1.165, 1.54) is 18.9 Å². The van der Waals surface area contributed by atoms with Gasteiger partial charge in [0, 0.05) is 0 Å². The number of rotatable bonds is 5. The van der Waals surface area contributed by atoms with Crippen LogP contribution in [0.4, 0.5) is 0 Å². The molecular formula is C11H15NO5S. The summed E-state index contributed by atoms with van der Waals surface area (Å²) in [5, 5.41) is 11.0. The van der Waals surface area contributed by atoms with Gasteiger partial charge in [0.25, 0.3) is 0 Å². The van der Waals surface area contributed by atoms with Gasteiger partial charge in [0.2, 0.25) is 5.91 Å². The maximum atomic E-state index is 11.8. The monoisotopic (exact) mass is 273 g/mol. The Balaban J connectivity index is 2.53. The fourth-order valence-electron chi connectivity index (χ4n) is 1.47. The summed E-state index contributed by atoms with van der Waals surface area (Å²) in [7, 11) is 1.17. The molecule has 7 heteroatoms. The third kappa shape index (κ3) is 4.06. The maximum Gasteiger partial charge on any atom is 0.326 e. The summed E-state index contributed by atoms with van der Waals surface area (Å²) in [6.45, 7) is 1.89. The molecule has 1 heterocycles. The summed E-state index contributed by atoms with van der Waals surface area (Å²) < 4.78 is 4.39. The van der Waals surface area contributed by atoms with E-state index >= 15 is 0 Å². The van der Waals surface area contributed by atoms with Crippen molar-refractivity contribution in [3.8, 4) is 0 Å². The highest BCUT2D eigenvalue weighted by Gasteiger charge is 2.29. The SMILES string of the molecule is COC(=O)CC(NC(=O)C1CC=C(C)S1)C(=O)O. The number of hydrogen-bond donors (Lipinski definition) is 2. The van der Waals surface area contributed by atoms with Gasteiger partial charge in [0.1, 0.15) is 6.04 Å². The highest BCUT2D eigenvalue weighted by molar-refractivity contribution is 8.04. The van der Waals surface area contributed by atoms with Crippen molar-refractivity contribution in [2.75, 3.05) is 7.11 Å². The quantitative estimate of drug-likeness (QED) is 0.710. The topological polar surface area (TPSA) is 92.7 Å². The second-order valence-electron chi connectivity index (χ2n) is 3.84. The largest absolute Gasteiger partial charge is 0.480 e. The van der Waals surface area contributed by atoms with Gasteiger partial charge in [-0.3, -0.25) is 9.59 Å². The standard InChI is InChI=1S/C11H15NO5S/c1-6-3-4-8(18-6)10(14)12-7(11(15)16)5-9(13)17-2/h3,7-8H,4-5H2,1-2H3,(H,12,14)(H,15,16). The highest BCUT2D eigenvalue weighted by Crippen LogP contribution is 2.31. The van der Waals surface area contributed by atoms with Gasteiger partial charge in [-0.15, -0.1) is 11.8 Å². The van der Waals surface area contributed by atoms with Crippen molar-refractivity contribution in [3.05, 3.63) is 11.0 Å². The Morgan fingerprint density at radius 1 is 1.61 bits per heavy atom. The molecule has 1 aliphatic rings. The van der Waals surface area contributed by atoms with Gasteiger partial charge in [-0.2, -0.15) is 0 Å². The van der Waals surface area contributed by atoms with Crippen LogP contribution in [0.5, 0.6) is 0 Å². The molecule has 0 aliphatic carbocycles. The van der Waals surface area contributed by atoms with E-state index in [0.717, 1.165) is 4.91 Å². The first-order chi connectivity index (χ1) is 8.43. The molecule has 0 spiro atoms. The number of carbonyl (C=O) groups excluding carboxylic acids is 2. The van der Waals surface area contributed by atoms with Crippen molar-refractivity contribution < 1.29 is 24.2 Å². The zero-order valence-electron chi connectivity index (χ0n) is 10.1. The lowest BCUT2D eigenvalue weighted by molar-refractivity contribution is -0.148. The average molecular weight is 273 g/mol. The summed E-state index contributed by atoms with van der Waals surface area (Å²) in [5.41, 5.74) is 0. The van der Waals surface area contributed by atoms with Crippen LogP contribution in [-0.2, 0) is 19.1 Å². The van der Waals surface area contributed by atoms with Crippen LogP contribution < -0.4 is 5.32 Å². The number of ether oxygens (including phenoxy) is 1. The minimum Gasteiger partial charge on any atom is -0.480 e. The van der Waals surface area contributed by atoms with Crippen LogP contribution in [0.25, 0.3) is 0 Å². The molecule has 0 aromatic heterocycles. The summed E-state index contributed by atoms with van der Waals surface area (Å²) in [5.74, 6) is -2.29. The summed E-state index contributed by atoms with van der Waals surface area (Å²) >= 11 is 1.39. The van der Waals surface area contributed by atoms with Crippen LogP contribution in [0.15, 0.2) is 11.0 Å². The number of amides is 1. The van der Waals surface area contributed by atoms with Crippen molar-refractivity contribution in [1.82, 2.24) is 5.32 Å². The van der Waals surface area contributed by atoms with Gasteiger partial charge in [-0.1, -0.05) is 6.08 Å². The van der Waals surface area contributed by atoms with E-state index in [4.69, 9.17) is 5.11 Å². The van der Waals surface area contributed by atoms with Gasteiger partial charge in [0.15, 0.2) is 0 Å². The summed E-state index contributed by atoms with van der Waals surface area (Å²) in [4.78, 5) is 34.8. The molecule has 6 nitrogen and oxygen atoms in total. The number of carbonyl (C=O) groups is 3. The van der Waals surface area contributed by atoms with Crippen molar-refractivity contribution in [2.24, 2.45) is 0 Å². The number of carboxylic acids is 1. The second kappa shape index (κ2) is 6.44. The third-order valence-electron chi connectivity index (χ3n) is 2.45. The molecule has 0 aromatic carbocycles. The molecule has 100 valence electrons. The lowest BCUT2D eigenvalue weighted by Crippen LogP contribution is -2.45. The Kier molecular flexibility index (Phi) is 5.21. The minimum atomic E-state index is -1.25. The van der Waals surface area contributed by atoms with Crippen LogP contribution in [0.2, 0.25) is 0 Å². The zero-order chi connectivity index (χ0) is 13.7. The Morgan fingerprint density at radius 3 is 2.72 bits per heavy atom. The minimum absolute atomic E-state index is 0.315. The fraction of sp³-hybridized carbons (Fsp3) is 0.545. The van der Waals surface area contributed by atoms with E-state index in [1.54, 1.807) is 0 Å². The smallest absolute Gasteiger partial charge is 0.326 e. The Morgan fingerprint density at radius 2 is 2.28 bits per heavy atom. The number of hydrogen-bond acceptors (Lipinski definition) is 5. The molecule has 1 rings (SSSR count). The molecule has 1 aliphatic heterocycles. The molecule has 1 amide bonds. The molecule has 0 radical (unpaired) electrons. The number of esters is 1.